The summed E-state index contributed by atoms with van der Waals surface area (Å²) >= 11 is 0. The van der Waals surface area contributed by atoms with Crippen molar-refractivity contribution >= 4 is 5.71 Å². The summed E-state index contributed by atoms with van der Waals surface area (Å²) in [4.78, 5) is 3.89. The van der Waals surface area contributed by atoms with Gasteiger partial charge in [0.1, 0.15) is 0 Å². The molecule has 0 saturated carbocycles. The van der Waals surface area contributed by atoms with Crippen LogP contribution in [0.3, 0.4) is 0 Å². The second kappa shape index (κ2) is 5.84. The fourth-order valence-corrected chi connectivity index (χ4v) is 0.409. The summed E-state index contributed by atoms with van der Waals surface area (Å²) < 4.78 is 0. The topological polar surface area (TPSA) is 12.4 Å². The van der Waals surface area contributed by atoms with Crippen LogP contribution in [0.5, 0.6) is 0 Å². The first-order valence-corrected chi connectivity index (χ1v) is 3.29. The zero-order valence-corrected chi connectivity index (χ0v) is 6.39. The summed E-state index contributed by atoms with van der Waals surface area (Å²) in [6.45, 7) is 7.53. The third-order valence-corrected chi connectivity index (χ3v) is 0.791. The van der Waals surface area contributed by atoms with E-state index < -0.39 is 0 Å². The second-order valence-electron chi connectivity index (χ2n) is 1.32. The Balaban J connectivity index is 0.000000371. The first-order chi connectivity index (χ1) is 4.93. The number of rotatable bonds is 1. The lowest BCUT2D eigenvalue weighted by Gasteiger charge is -1.85. The molecule has 0 radical (unpaired) electrons. The van der Waals surface area contributed by atoms with Gasteiger partial charge in [0.25, 0.3) is 0 Å². The predicted octanol–water partition coefficient (Wildman–Crippen LogP) is 2.48. The van der Waals surface area contributed by atoms with Crippen LogP contribution in [0.25, 0.3) is 0 Å². The number of aliphatic imine (C=N–C) groups is 1. The van der Waals surface area contributed by atoms with E-state index in [1.54, 1.807) is 18.4 Å². The van der Waals surface area contributed by atoms with Crippen molar-refractivity contribution in [3.8, 4) is 0 Å². The van der Waals surface area contributed by atoms with Gasteiger partial charge in [0.15, 0.2) is 0 Å². The molecule has 1 aliphatic heterocycles. The van der Waals surface area contributed by atoms with E-state index in [0.29, 0.717) is 0 Å². The third-order valence-electron chi connectivity index (χ3n) is 0.791. The SMILES string of the molecule is C=CC1=NC=C=C=C1.CC. The van der Waals surface area contributed by atoms with Crippen LogP contribution in [-0.2, 0) is 0 Å². The molecule has 0 aromatic heterocycles. The van der Waals surface area contributed by atoms with Gasteiger partial charge in [-0.25, -0.2) is 4.99 Å². The van der Waals surface area contributed by atoms with Gasteiger partial charge in [-0.15, -0.1) is 0 Å². The summed E-state index contributed by atoms with van der Waals surface area (Å²) in [5.74, 6) is 0. The fourth-order valence-electron chi connectivity index (χ4n) is 0.409. The molecular weight excluding hydrogens is 122 g/mol. The largest absolute Gasteiger partial charge is 0.247 e. The van der Waals surface area contributed by atoms with Gasteiger partial charge in [0, 0.05) is 6.08 Å². The zero-order valence-electron chi connectivity index (χ0n) is 6.39. The van der Waals surface area contributed by atoms with Crippen molar-refractivity contribution in [2.45, 2.75) is 13.8 Å². The van der Waals surface area contributed by atoms with Gasteiger partial charge in [-0.3, -0.25) is 0 Å². The third kappa shape index (κ3) is 2.88. The molecule has 0 amide bonds. The van der Waals surface area contributed by atoms with E-state index in [1.165, 1.54) is 0 Å². The molecule has 0 unspecified atom stereocenters. The van der Waals surface area contributed by atoms with Crippen molar-refractivity contribution in [3.05, 3.63) is 36.4 Å². The molecule has 0 N–H and O–H groups in total. The van der Waals surface area contributed by atoms with Crippen LogP contribution >= 0.6 is 0 Å². The minimum absolute atomic E-state index is 0.837. The summed E-state index contributed by atoms with van der Waals surface area (Å²) in [6.07, 6.45) is 4.97. The lowest BCUT2D eigenvalue weighted by Crippen LogP contribution is -1.83. The molecule has 0 aliphatic carbocycles. The Morgan fingerprint density at radius 1 is 1.50 bits per heavy atom. The van der Waals surface area contributed by atoms with Crippen molar-refractivity contribution in [1.29, 1.82) is 0 Å². The van der Waals surface area contributed by atoms with E-state index in [2.05, 4.69) is 23.0 Å². The molecule has 0 fully saturated rings. The van der Waals surface area contributed by atoms with Crippen LogP contribution < -0.4 is 0 Å². The lowest BCUT2D eigenvalue weighted by atomic mass is 10.3. The maximum Gasteiger partial charge on any atom is 0.0777 e. The van der Waals surface area contributed by atoms with Gasteiger partial charge in [-0.1, -0.05) is 26.2 Å². The Bertz CT molecular complexity index is 221. The normalized spacial score (nSPS) is 11.6. The Morgan fingerprint density at radius 2 is 2.20 bits per heavy atom. The van der Waals surface area contributed by atoms with E-state index >= 15 is 0 Å². The van der Waals surface area contributed by atoms with Gasteiger partial charge < -0.3 is 0 Å². The summed E-state index contributed by atoms with van der Waals surface area (Å²) in [5.41, 5.74) is 6.27. The minimum Gasteiger partial charge on any atom is -0.247 e. The van der Waals surface area contributed by atoms with Crippen LogP contribution in [0.4, 0.5) is 0 Å². The van der Waals surface area contributed by atoms with E-state index in [4.69, 9.17) is 0 Å². The second-order valence-corrected chi connectivity index (χ2v) is 1.32. The van der Waals surface area contributed by atoms with Crippen LogP contribution in [-0.4, -0.2) is 5.71 Å². The first-order valence-electron chi connectivity index (χ1n) is 3.29. The molecule has 52 valence electrons. The highest BCUT2D eigenvalue weighted by molar-refractivity contribution is 6.04. The molecule has 0 aromatic carbocycles. The summed E-state index contributed by atoms with van der Waals surface area (Å²) in [7, 11) is 0. The molecule has 0 aromatic rings. The number of nitrogens with zero attached hydrogens (tertiary/aromatic N) is 1. The van der Waals surface area contributed by atoms with Crippen LogP contribution in [0.1, 0.15) is 13.8 Å². The highest BCUT2D eigenvalue weighted by Gasteiger charge is 1.81. The molecule has 0 bridgehead atoms. The fraction of sp³-hybridized carbons (Fsp3) is 0.222. The van der Waals surface area contributed by atoms with Gasteiger partial charge in [-0.05, 0) is 11.8 Å². The van der Waals surface area contributed by atoms with Crippen molar-refractivity contribution in [2.24, 2.45) is 4.99 Å². The molecule has 0 atom stereocenters. The Morgan fingerprint density at radius 3 is 2.50 bits per heavy atom. The van der Waals surface area contributed by atoms with E-state index in [1.807, 2.05) is 13.8 Å². The Kier molecular flexibility index (Phi) is 5.09. The molecule has 1 nitrogen and oxygen atoms in total. The standard InChI is InChI=1S/C7H5N.C2H6/c1-2-7-5-3-4-6-8-7;1-2/h2,5-6H,1H2;1-2H3. The molecular formula is C9H11N. The smallest absolute Gasteiger partial charge is 0.0777 e. The van der Waals surface area contributed by atoms with Crippen LogP contribution in [0.15, 0.2) is 41.4 Å². The monoisotopic (exact) mass is 133 g/mol. The first kappa shape index (κ1) is 8.71. The van der Waals surface area contributed by atoms with Crippen LogP contribution in [0.2, 0.25) is 0 Å². The van der Waals surface area contributed by atoms with Crippen molar-refractivity contribution in [3.63, 3.8) is 0 Å². The van der Waals surface area contributed by atoms with Gasteiger partial charge in [0.05, 0.1) is 11.9 Å². The zero-order chi connectivity index (χ0) is 7.82. The molecule has 0 spiro atoms. The molecule has 1 heterocycles. The molecule has 1 heteroatoms. The van der Waals surface area contributed by atoms with Crippen molar-refractivity contribution in [2.75, 3.05) is 0 Å². The molecule has 0 saturated heterocycles. The summed E-state index contributed by atoms with van der Waals surface area (Å²) in [6, 6.07) is 0. The molecule has 1 rings (SSSR count). The van der Waals surface area contributed by atoms with E-state index in [0.717, 1.165) is 5.71 Å². The Labute approximate surface area is 61.8 Å². The molecule has 1 aliphatic rings. The Hall–Kier alpha value is -1.29. The summed E-state index contributed by atoms with van der Waals surface area (Å²) in [5, 5.41) is 0. The predicted molar refractivity (Wildman–Crippen MR) is 45.1 cm³/mol. The van der Waals surface area contributed by atoms with Gasteiger partial charge in [-0.2, -0.15) is 0 Å². The molecule has 10 heavy (non-hydrogen) atoms. The van der Waals surface area contributed by atoms with Crippen molar-refractivity contribution < 1.29 is 0 Å². The van der Waals surface area contributed by atoms with Gasteiger partial charge in [0.2, 0.25) is 0 Å². The maximum absolute atomic E-state index is 3.89. The van der Waals surface area contributed by atoms with Gasteiger partial charge >= 0.3 is 0 Å². The number of hydrogen-bond donors (Lipinski definition) is 0. The number of allylic oxidation sites excluding steroid dienone is 2. The average Bonchev–Trinajstić information content (AvgIpc) is 2.10. The average molecular weight is 133 g/mol. The van der Waals surface area contributed by atoms with E-state index in [9.17, 15) is 0 Å². The number of hydrogen-bond acceptors (Lipinski definition) is 1. The van der Waals surface area contributed by atoms with Crippen LogP contribution in [0, 0.1) is 0 Å². The quantitative estimate of drug-likeness (QED) is 0.487. The van der Waals surface area contributed by atoms with E-state index in [-0.39, 0.29) is 0 Å². The minimum atomic E-state index is 0.837. The van der Waals surface area contributed by atoms with Crippen molar-refractivity contribution in [1.82, 2.24) is 0 Å². The maximum atomic E-state index is 3.89. The highest BCUT2D eigenvalue weighted by Crippen LogP contribution is 1.86. The highest BCUT2D eigenvalue weighted by atomic mass is 14.7. The lowest BCUT2D eigenvalue weighted by molar-refractivity contribution is 1.50.